The molecule has 1 unspecified atom stereocenters. The molecule has 1 aliphatic heterocycles. The monoisotopic (exact) mass is 294 g/mol. The molecule has 1 atom stereocenters. The molecule has 3 N–H and O–H groups in total. The Morgan fingerprint density at radius 3 is 2.81 bits per heavy atom. The molecule has 21 heavy (non-hydrogen) atoms. The van der Waals surface area contributed by atoms with Crippen LogP contribution in [0.3, 0.4) is 0 Å². The summed E-state index contributed by atoms with van der Waals surface area (Å²) in [5.74, 6) is 1.36. The van der Waals surface area contributed by atoms with Crippen molar-refractivity contribution in [2.45, 2.75) is 26.8 Å². The van der Waals surface area contributed by atoms with Gasteiger partial charge in [0.25, 0.3) is 0 Å². The SMILES string of the molecule is CCCNCc1cc2c(cc1OCC(C)C(N)=O)OCO2. The van der Waals surface area contributed by atoms with Crippen molar-refractivity contribution in [2.75, 3.05) is 19.9 Å². The molecule has 1 aliphatic rings. The lowest BCUT2D eigenvalue weighted by Gasteiger charge is -2.15. The van der Waals surface area contributed by atoms with E-state index in [1.807, 2.05) is 6.07 Å². The van der Waals surface area contributed by atoms with E-state index >= 15 is 0 Å². The van der Waals surface area contributed by atoms with Crippen LogP contribution in [0.1, 0.15) is 25.8 Å². The first-order chi connectivity index (χ1) is 10.1. The molecule has 0 spiro atoms. The second kappa shape index (κ2) is 7.17. The highest BCUT2D eigenvalue weighted by molar-refractivity contribution is 5.76. The Morgan fingerprint density at radius 1 is 1.43 bits per heavy atom. The molecule has 0 saturated heterocycles. The van der Waals surface area contributed by atoms with Crippen LogP contribution in [0.4, 0.5) is 0 Å². The van der Waals surface area contributed by atoms with Gasteiger partial charge in [0.05, 0.1) is 12.5 Å². The molecule has 0 aliphatic carbocycles. The van der Waals surface area contributed by atoms with Gasteiger partial charge < -0.3 is 25.3 Å². The second-order valence-electron chi connectivity index (χ2n) is 5.10. The first kappa shape index (κ1) is 15.4. The number of hydrogen-bond acceptors (Lipinski definition) is 5. The molecule has 0 radical (unpaired) electrons. The minimum atomic E-state index is -0.374. The summed E-state index contributed by atoms with van der Waals surface area (Å²) in [5, 5.41) is 3.33. The zero-order chi connectivity index (χ0) is 15.2. The van der Waals surface area contributed by atoms with Gasteiger partial charge >= 0.3 is 0 Å². The van der Waals surface area contributed by atoms with Crippen LogP contribution in [0, 0.1) is 5.92 Å². The molecule has 2 rings (SSSR count). The number of fused-ring (bicyclic) bond motifs is 1. The van der Waals surface area contributed by atoms with Gasteiger partial charge in [-0.3, -0.25) is 4.79 Å². The molecule has 0 bridgehead atoms. The molecule has 0 fully saturated rings. The van der Waals surface area contributed by atoms with Crippen LogP contribution in [0.5, 0.6) is 17.2 Å². The maximum atomic E-state index is 11.1. The van der Waals surface area contributed by atoms with Crippen molar-refractivity contribution in [1.29, 1.82) is 0 Å². The van der Waals surface area contributed by atoms with Crippen molar-refractivity contribution in [1.82, 2.24) is 5.32 Å². The van der Waals surface area contributed by atoms with Crippen LogP contribution >= 0.6 is 0 Å². The number of nitrogens with one attached hydrogen (secondary N) is 1. The van der Waals surface area contributed by atoms with E-state index in [2.05, 4.69) is 12.2 Å². The third kappa shape index (κ3) is 4.01. The number of nitrogens with two attached hydrogens (primary N) is 1. The molecule has 116 valence electrons. The standard InChI is InChI=1S/C15H22N2O4/c1-3-4-17-7-11-5-13-14(21-9-20-13)6-12(11)19-8-10(2)15(16)18/h5-6,10,17H,3-4,7-9H2,1-2H3,(H2,16,18). The summed E-state index contributed by atoms with van der Waals surface area (Å²) in [6.45, 7) is 5.91. The van der Waals surface area contributed by atoms with Gasteiger partial charge in [-0.05, 0) is 19.0 Å². The summed E-state index contributed by atoms with van der Waals surface area (Å²) in [7, 11) is 0. The smallest absolute Gasteiger partial charge is 0.231 e. The fourth-order valence-electron chi connectivity index (χ4n) is 1.93. The van der Waals surface area contributed by atoms with E-state index in [0.717, 1.165) is 24.3 Å². The van der Waals surface area contributed by atoms with Gasteiger partial charge in [-0.15, -0.1) is 0 Å². The summed E-state index contributed by atoms with van der Waals surface area (Å²) < 4.78 is 16.5. The predicted octanol–water partition coefficient (Wildman–Crippen LogP) is 1.42. The Kier molecular flexibility index (Phi) is 5.27. The molecule has 1 amide bonds. The zero-order valence-electron chi connectivity index (χ0n) is 12.5. The van der Waals surface area contributed by atoms with Crippen LogP contribution in [0.2, 0.25) is 0 Å². The van der Waals surface area contributed by atoms with E-state index in [9.17, 15) is 4.79 Å². The van der Waals surface area contributed by atoms with E-state index < -0.39 is 0 Å². The third-order valence-electron chi connectivity index (χ3n) is 3.27. The van der Waals surface area contributed by atoms with E-state index in [1.54, 1.807) is 13.0 Å². The first-order valence-electron chi connectivity index (χ1n) is 7.17. The van der Waals surface area contributed by atoms with Gasteiger partial charge in [0.15, 0.2) is 11.5 Å². The minimum absolute atomic E-state index is 0.221. The second-order valence-corrected chi connectivity index (χ2v) is 5.10. The highest BCUT2D eigenvalue weighted by Crippen LogP contribution is 2.38. The highest BCUT2D eigenvalue weighted by Gasteiger charge is 2.19. The third-order valence-corrected chi connectivity index (χ3v) is 3.27. The quantitative estimate of drug-likeness (QED) is 0.708. The Hall–Kier alpha value is -1.95. The first-order valence-corrected chi connectivity index (χ1v) is 7.17. The highest BCUT2D eigenvalue weighted by atomic mass is 16.7. The Labute approximate surface area is 124 Å². The van der Waals surface area contributed by atoms with Gasteiger partial charge in [0.2, 0.25) is 12.7 Å². The predicted molar refractivity (Wildman–Crippen MR) is 78.4 cm³/mol. The molecule has 6 heteroatoms. The van der Waals surface area contributed by atoms with Crippen LogP contribution in [-0.4, -0.2) is 25.9 Å². The number of ether oxygens (including phenoxy) is 3. The number of carbonyl (C=O) groups excluding carboxylic acids is 1. The summed E-state index contributed by atoms with van der Waals surface area (Å²) in [6, 6.07) is 3.72. The van der Waals surface area contributed by atoms with Gasteiger partial charge in [-0.25, -0.2) is 0 Å². The van der Waals surface area contributed by atoms with E-state index in [1.165, 1.54) is 0 Å². The molecule has 6 nitrogen and oxygen atoms in total. The lowest BCUT2D eigenvalue weighted by atomic mass is 10.1. The average Bonchev–Trinajstić information content (AvgIpc) is 2.91. The zero-order valence-corrected chi connectivity index (χ0v) is 12.5. The topological polar surface area (TPSA) is 82.8 Å². The van der Waals surface area contributed by atoms with Gasteiger partial charge in [-0.1, -0.05) is 13.8 Å². The number of benzene rings is 1. The van der Waals surface area contributed by atoms with E-state index in [0.29, 0.717) is 18.0 Å². The van der Waals surface area contributed by atoms with Crippen molar-refractivity contribution >= 4 is 5.91 Å². The van der Waals surface area contributed by atoms with Crippen molar-refractivity contribution in [3.8, 4) is 17.2 Å². The Bertz CT molecular complexity index is 505. The van der Waals surface area contributed by atoms with Crippen molar-refractivity contribution in [3.63, 3.8) is 0 Å². The van der Waals surface area contributed by atoms with Gasteiger partial charge in [0.1, 0.15) is 5.75 Å². The maximum Gasteiger partial charge on any atom is 0.231 e. The molecular formula is C15H22N2O4. The normalized spacial score (nSPS) is 14.0. The number of carbonyl (C=O) groups is 1. The number of rotatable bonds is 8. The summed E-state index contributed by atoms with van der Waals surface area (Å²) in [6.07, 6.45) is 1.06. The largest absolute Gasteiger partial charge is 0.492 e. The van der Waals surface area contributed by atoms with Crippen LogP contribution in [-0.2, 0) is 11.3 Å². The number of primary amides is 1. The molecule has 1 heterocycles. The Balaban J connectivity index is 2.10. The molecular weight excluding hydrogens is 272 g/mol. The summed E-state index contributed by atoms with van der Waals surface area (Å²) in [4.78, 5) is 11.1. The minimum Gasteiger partial charge on any atom is -0.492 e. The average molecular weight is 294 g/mol. The fraction of sp³-hybridized carbons (Fsp3) is 0.533. The molecule has 1 aromatic rings. The van der Waals surface area contributed by atoms with Crippen molar-refractivity contribution in [3.05, 3.63) is 17.7 Å². The Morgan fingerprint density at radius 2 is 2.14 bits per heavy atom. The lowest BCUT2D eigenvalue weighted by molar-refractivity contribution is -0.122. The van der Waals surface area contributed by atoms with Crippen LogP contribution in [0.25, 0.3) is 0 Å². The van der Waals surface area contributed by atoms with E-state index in [-0.39, 0.29) is 25.2 Å². The van der Waals surface area contributed by atoms with Gasteiger partial charge in [0, 0.05) is 18.2 Å². The lowest BCUT2D eigenvalue weighted by Crippen LogP contribution is -2.26. The molecule has 0 aromatic heterocycles. The fourth-order valence-corrected chi connectivity index (χ4v) is 1.93. The van der Waals surface area contributed by atoms with Crippen LogP contribution < -0.4 is 25.3 Å². The van der Waals surface area contributed by atoms with Crippen molar-refractivity contribution < 1.29 is 19.0 Å². The van der Waals surface area contributed by atoms with Crippen LogP contribution in [0.15, 0.2) is 12.1 Å². The summed E-state index contributed by atoms with van der Waals surface area (Å²) in [5.41, 5.74) is 6.23. The van der Waals surface area contributed by atoms with Crippen molar-refractivity contribution in [2.24, 2.45) is 11.7 Å². The number of hydrogen-bond donors (Lipinski definition) is 2. The molecule has 1 aromatic carbocycles. The number of amides is 1. The molecule has 0 saturated carbocycles. The van der Waals surface area contributed by atoms with Gasteiger partial charge in [-0.2, -0.15) is 0 Å². The summed E-state index contributed by atoms with van der Waals surface area (Å²) >= 11 is 0. The maximum absolute atomic E-state index is 11.1. The van der Waals surface area contributed by atoms with E-state index in [4.69, 9.17) is 19.9 Å².